The van der Waals surface area contributed by atoms with E-state index in [1.165, 1.54) is 6.08 Å². The molecule has 116 valence electrons. The minimum absolute atomic E-state index is 0.110. The van der Waals surface area contributed by atoms with Crippen LogP contribution in [0.25, 0.3) is 6.08 Å². The fourth-order valence-corrected chi connectivity index (χ4v) is 2.35. The van der Waals surface area contributed by atoms with Crippen LogP contribution < -0.4 is 5.73 Å². The molecule has 21 heavy (non-hydrogen) atoms. The molecule has 0 aromatic heterocycles. The van der Waals surface area contributed by atoms with Crippen LogP contribution in [-0.4, -0.2) is 18.1 Å². The van der Waals surface area contributed by atoms with Gasteiger partial charge in [0.05, 0.1) is 6.61 Å². The van der Waals surface area contributed by atoms with Gasteiger partial charge in [-0.3, -0.25) is 0 Å². The van der Waals surface area contributed by atoms with E-state index in [1.54, 1.807) is 6.08 Å². The van der Waals surface area contributed by atoms with Crippen LogP contribution in [0.3, 0.4) is 0 Å². The van der Waals surface area contributed by atoms with Gasteiger partial charge in [0.25, 0.3) is 0 Å². The van der Waals surface area contributed by atoms with Gasteiger partial charge in [-0.1, -0.05) is 50.6 Å². The average Bonchev–Trinajstić information content (AvgIpc) is 2.51. The Morgan fingerprint density at radius 1 is 1.24 bits per heavy atom. The van der Waals surface area contributed by atoms with Crippen LogP contribution in [0.1, 0.15) is 51.5 Å². The highest BCUT2D eigenvalue weighted by Crippen LogP contribution is 2.20. The second kappa shape index (κ2) is 9.35. The molecular weight excluding hydrogens is 262 g/mol. The van der Waals surface area contributed by atoms with Crippen LogP contribution in [0.15, 0.2) is 36.4 Å². The normalized spacial score (nSPS) is 14.0. The number of hydrogen-bond donors (Lipinski definition) is 1. The van der Waals surface area contributed by atoms with E-state index in [2.05, 4.69) is 13.8 Å². The van der Waals surface area contributed by atoms with Gasteiger partial charge in [0, 0.05) is 11.6 Å². The van der Waals surface area contributed by atoms with Gasteiger partial charge in [-0.25, -0.2) is 4.79 Å². The second-order valence-electron chi connectivity index (χ2n) is 5.48. The molecule has 1 unspecified atom stereocenters. The van der Waals surface area contributed by atoms with E-state index in [1.807, 2.05) is 30.3 Å². The lowest BCUT2D eigenvalue weighted by atomic mass is 9.87. The Bertz CT molecular complexity index is 442. The third-order valence-electron chi connectivity index (χ3n) is 3.73. The summed E-state index contributed by atoms with van der Waals surface area (Å²) in [5, 5.41) is 0. The first-order chi connectivity index (χ1) is 10.1. The maximum absolute atomic E-state index is 11.6. The van der Waals surface area contributed by atoms with Crippen molar-refractivity contribution in [1.82, 2.24) is 0 Å². The quantitative estimate of drug-likeness (QED) is 0.426. The first-order valence-electron chi connectivity index (χ1n) is 7.78. The molecule has 2 N–H and O–H groups in total. The number of hydrogen-bond acceptors (Lipinski definition) is 3. The zero-order valence-corrected chi connectivity index (χ0v) is 13.2. The first kappa shape index (κ1) is 17.4. The van der Waals surface area contributed by atoms with Crippen molar-refractivity contribution in [1.29, 1.82) is 0 Å². The molecule has 0 aliphatic heterocycles. The van der Waals surface area contributed by atoms with Crippen LogP contribution in [0.4, 0.5) is 0 Å². The number of benzene rings is 1. The predicted octanol–water partition coefficient (Wildman–Crippen LogP) is 3.93. The van der Waals surface area contributed by atoms with Gasteiger partial charge in [0.1, 0.15) is 0 Å². The minimum atomic E-state index is -0.298. The van der Waals surface area contributed by atoms with Gasteiger partial charge in [0.2, 0.25) is 0 Å². The van der Waals surface area contributed by atoms with E-state index >= 15 is 0 Å². The molecule has 3 nitrogen and oxygen atoms in total. The number of carbonyl (C=O) groups is 1. The Labute approximate surface area is 128 Å². The Morgan fingerprint density at radius 3 is 2.57 bits per heavy atom. The van der Waals surface area contributed by atoms with Crippen molar-refractivity contribution in [2.24, 2.45) is 5.73 Å². The number of ether oxygens (including phenoxy) is 1. The van der Waals surface area contributed by atoms with Crippen molar-refractivity contribution < 1.29 is 9.53 Å². The fourth-order valence-electron chi connectivity index (χ4n) is 2.35. The number of nitrogens with two attached hydrogens (primary N) is 1. The molecule has 0 saturated heterocycles. The van der Waals surface area contributed by atoms with Crippen molar-refractivity contribution >= 4 is 12.0 Å². The van der Waals surface area contributed by atoms with Gasteiger partial charge in [-0.2, -0.15) is 0 Å². The highest BCUT2D eigenvalue weighted by Gasteiger charge is 2.20. The van der Waals surface area contributed by atoms with Crippen molar-refractivity contribution in [3.05, 3.63) is 42.0 Å². The molecule has 0 fully saturated rings. The molecule has 0 radical (unpaired) electrons. The summed E-state index contributed by atoms with van der Waals surface area (Å²) in [4.78, 5) is 11.6. The van der Waals surface area contributed by atoms with Crippen LogP contribution >= 0.6 is 0 Å². The van der Waals surface area contributed by atoms with E-state index in [9.17, 15) is 4.79 Å². The minimum Gasteiger partial charge on any atom is -0.463 e. The molecule has 0 aliphatic rings. The van der Waals surface area contributed by atoms with Crippen molar-refractivity contribution in [3.63, 3.8) is 0 Å². The summed E-state index contributed by atoms with van der Waals surface area (Å²) < 4.78 is 5.20. The Hall–Kier alpha value is -1.61. The molecular formula is C18H27NO2. The predicted molar refractivity (Wildman–Crippen MR) is 87.8 cm³/mol. The van der Waals surface area contributed by atoms with Crippen molar-refractivity contribution in [2.75, 3.05) is 6.61 Å². The average molecular weight is 289 g/mol. The molecule has 1 aromatic carbocycles. The van der Waals surface area contributed by atoms with Gasteiger partial charge < -0.3 is 10.5 Å². The largest absolute Gasteiger partial charge is 0.463 e. The van der Waals surface area contributed by atoms with E-state index < -0.39 is 0 Å². The molecule has 0 aliphatic carbocycles. The van der Waals surface area contributed by atoms with Crippen molar-refractivity contribution in [2.45, 2.75) is 51.5 Å². The summed E-state index contributed by atoms with van der Waals surface area (Å²) in [6.45, 7) is 4.69. The van der Waals surface area contributed by atoms with Gasteiger partial charge in [0.15, 0.2) is 0 Å². The molecule has 1 atom stereocenters. The topological polar surface area (TPSA) is 52.3 Å². The summed E-state index contributed by atoms with van der Waals surface area (Å²) >= 11 is 0. The lowest BCUT2D eigenvalue weighted by Gasteiger charge is -2.27. The third-order valence-corrected chi connectivity index (χ3v) is 3.73. The Morgan fingerprint density at radius 2 is 1.95 bits per heavy atom. The Kier molecular flexibility index (Phi) is 7.76. The molecule has 0 saturated carbocycles. The second-order valence-corrected chi connectivity index (χ2v) is 5.48. The molecule has 0 spiro atoms. The van der Waals surface area contributed by atoms with Gasteiger partial charge in [-0.15, -0.1) is 0 Å². The maximum Gasteiger partial charge on any atom is 0.330 e. The highest BCUT2D eigenvalue weighted by molar-refractivity contribution is 5.86. The molecule has 0 bridgehead atoms. The first-order valence-corrected chi connectivity index (χ1v) is 7.78. The standard InChI is InChI=1S/C18H27NO2/c1-3-13-18(19,4-2)14-8-15-21-17(20)12-11-16-9-6-5-7-10-16/h5-7,9-12H,3-4,8,13-15,19H2,1-2H3/b12-11+. The van der Waals surface area contributed by atoms with Gasteiger partial charge >= 0.3 is 5.97 Å². The maximum atomic E-state index is 11.6. The zero-order valence-electron chi connectivity index (χ0n) is 13.2. The summed E-state index contributed by atoms with van der Waals surface area (Å²) in [5.74, 6) is -0.298. The molecule has 0 heterocycles. The van der Waals surface area contributed by atoms with Crippen molar-refractivity contribution in [3.8, 4) is 0 Å². The van der Waals surface area contributed by atoms with E-state index in [-0.39, 0.29) is 11.5 Å². The molecule has 1 aromatic rings. The zero-order chi connectivity index (χ0) is 15.6. The van der Waals surface area contributed by atoms with E-state index in [0.717, 1.165) is 37.7 Å². The summed E-state index contributed by atoms with van der Waals surface area (Å²) in [6.07, 6.45) is 8.01. The lowest BCUT2D eigenvalue weighted by molar-refractivity contribution is -0.137. The molecule has 1 rings (SSSR count). The van der Waals surface area contributed by atoms with Gasteiger partial charge in [-0.05, 0) is 37.3 Å². The van der Waals surface area contributed by atoms with E-state index in [4.69, 9.17) is 10.5 Å². The summed E-state index contributed by atoms with van der Waals surface area (Å²) in [5.41, 5.74) is 7.18. The number of rotatable bonds is 9. The summed E-state index contributed by atoms with van der Waals surface area (Å²) in [7, 11) is 0. The SMILES string of the molecule is CCCC(N)(CC)CCCOC(=O)/C=C/c1ccccc1. The molecule has 0 amide bonds. The Balaban J connectivity index is 2.26. The monoisotopic (exact) mass is 289 g/mol. The lowest BCUT2D eigenvalue weighted by Crippen LogP contribution is -2.39. The highest BCUT2D eigenvalue weighted by atomic mass is 16.5. The smallest absolute Gasteiger partial charge is 0.330 e. The number of esters is 1. The van der Waals surface area contributed by atoms with Crippen LogP contribution in [0.5, 0.6) is 0 Å². The van der Waals surface area contributed by atoms with Crippen LogP contribution in [0.2, 0.25) is 0 Å². The van der Waals surface area contributed by atoms with E-state index in [0.29, 0.717) is 6.61 Å². The van der Waals surface area contributed by atoms with Crippen LogP contribution in [0, 0.1) is 0 Å². The fraction of sp³-hybridized carbons (Fsp3) is 0.500. The number of carbonyl (C=O) groups excluding carboxylic acids is 1. The summed E-state index contributed by atoms with van der Waals surface area (Å²) in [6, 6.07) is 9.70. The molecule has 3 heteroatoms. The third kappa shape index (κ3) is 7.09. The van der Waals surface area contributed by atoms with Crippen LogP contribution in [-0.2, 0) is 9.53 Å².